The minimum absolute atomic E-state index is 0.263. The van der Waals surface area contributed by atoms with Gasteiger partial charge in [0, 0.05) is 11.6 Å². The van der Waals surface area contributed by atoms with Crippen LogP contribution in [0.15, 0.2) is 18.2 Å². The van der Waals surface area contributed by atoms with Crippen LogP contribution in [0.3, 0.4) is 0 Å². The zero-order valence-electron chi connectivity index (χ0n) is 11.5. The van der Waals surface area contributed by atoms with Crippen molar-refractivity contribution in [2.45, 2.75) is 19.8 Å². The molecule has 0 bridgehead atoms. The Balaban J connectivity index is 2.49. The molecule has 0 heterocycles. The summed E-state index contributed by atoms with van der Waals surface area (Å²) < 4.78 is 5.10. The molecule has 1 aromatic rings. The largest absolute Gasteiger partial charge is 0.496 e. The molecule has 1 rings (SSSR count). The highest BCUT2D eigenvalue weighted by molar-refractivity contribution is 6.30. The van der Waals surface area contributed by atoms with Crippen LogP contribution in [0.5, 0.6) is 5.75 Å². The number of hydrogen-bond acceptors (Lipinski definition) is 3. The Labute approximate surface area is 122 Å². The summed E-state index contributed by atoms with van der Waals surface area (Å²) >= 11 is 5.82. The molecule has 6 heteroatoms. The van der Waals surface area contributed by atoms with E-state index in [0.717, 1.165) is 0 Å². The second kappa shape index (κ2) is 7.75. The summed E-state index contributed by atoms with van der Waals surface area (Å²) in [6, 6.07) is 4.78. The first-order chi connectivity index (χ1) is 9.45. The first-order valence-corrected chi connectivity index (χ1v) is 6.68. The number of nitrogens with one attached hydrogen (secondary N) is 1. The second-order valence-corrected chi connectivity index (χ2v) is 4.92. The van der Waals surface area contributed by atoms with Crippen molar-refractivity contribution in [1.82, 2.24) is 5.32 Å². The molecule has 0 aliphatic carbocycles. The molecule has 1 atom stereocenters. The average molecular weight is 300 g/mol. The number of methoxy groups -OCH3 is 1. The lowest BCUT2D eigenvalue weighted by molar-refractivity contribution is -0.141. The van der Waals surface area contributed by atoms with Crippen LogP contribution in [0.1, 0.15) is 30.1 Å². The molecule has 0 saturated heterocycles. The number of carboxylic acids is 1. The third-order valence-corrected chi connectivity index (χ3v) is 3.16. The van der Waals surface area contributed by atoms with Crippen molar-refractivity contribution >= 4 is 23.5 Å². The van der Waals surface area contributed by atoms with Crippen LogP contribution in [-0.4, -0.2) is 30.6 Å². The van der Waals surface area contributed by atoms with Crippen molar-refractivity contribution in [3.05, 3.63) is 28.8 Å². The number of carbonyl (C=O) groups excluding carboxylic acids is 1. The summed E-state index contributed by atoms with van der Waals surface area (Å²) in [6.07, 6.45) is 1.13. The van der Waals surface area contributed by atoms with Crippen LogP contribution in [0.2, 0.25) is 5.02 Å². The van der Waals surface area contributed by atoms with E-state index in [4.69, 9.17) is 21.4 Å². The molecule has 0 fully saturated rings. The molecule has 1 unspecified atom stereocenters. The highest BCUT2D eigenvalue weighted by Crippen LogP contribution is 2.22. The quantitative estimate of drug-likeness (QED) is 0.759. The van der Waals surface area contributed by atoms with Gasteiger partial charge in [0.15, 0.2) is 0 Å². The number of aliphatic carboxylic acids is 1. The molecular weight excluding hydrogens is 282 g/mol. The molecule has 2 N–H and O–H groups in total. The zero-order valence-corrected chi connectivity index (χ0v) is 12.2. The Hall–Kier alpha value is -1.75. The molecule has 0 saturated carbocycles. The summed E-state index contributed by atoms with van der Waals surface area (Å²) in [5.74, 6) is -1.08. The Bertz CT molecular complexity index is 490. The van der Waals surface area contributed by atoms with Gasteiger partial charge < -0.3 is 15.2 Å². The predicted octanol–water partition coefficient (Wildman–Crippen LogP) is 2.58. The molecular formula is C14H18ClNO4. The highest BCUT2D eigenvalue weighted by atomic mass is 35.5. The predicted molar refractivity (Wildman–Crippen MR) is 76.4 cm³/mol. The maximum atomic E-state index is 12.0. The van der Waals surface area contributed by atoms with Gasteiger partial charge in [0.05, 0.1) is 18.6 Å². The fourth-order valence-electron chi connectivity index (χ4n) is 1.68. The van der Waals surface area contributed by atoms with Crippen LogP contribution in [0.4, 0.5) is 0 Å². The van der Waals surface area contributed by atoms with Gasteiger partial charge in [0.25, 0.3) is 5.91 Å². The van der Waals surface area contributed by atoms with E-state index in [1.807, 2.05) is 0 Å². The van der Waals surface area contributed by atoms with Gasteiger partial charge in [-0.25, -0.2) is 0 Å². The maximum Gasteiger partial charge on any atom is 0.306 e. The van der Waals surface area contributed by atoms with Crippen LogP contribution >= 0.6 is 11.6 Å². The number of amides is 1. The van der Waals surface area contributed by atoms with Gasteiger partial charge in [0.2, 0.25) is 0 Å². The summed E-state index contributed by atoms with van der Waals surface area (Å²) in [4.78, 5) is 22.6. The Morgan fingerprint density at radius 2 is 2.15 bits per heavy atom. The van der Waals surface area contributed by atoms with Crippen molar-refractivity contribution in [2.75, 3.05) is 13.7 Å². The van der Waals surface area contributed by atoms with Gasteiger partial charge in [-0.2, -0.15) is 0 Å². The molecule has 1 amide bonds. The van der Waals surface area contributed by atoms with Crippen LogP contribution in [0.25, 0.3) is 0 Å². The molecule has 0 aliphatic heterocycles. The van der Waals surface area contributed by atoms with Crippen LogP contribution in [0, 0.1) is 5.92 Å². The van der Waals surface area contributed by atoms with Gasteiger partial charge in [-0.05, 0) is 31.0 Å². The van der Waals surface area contributed by atoms with E-state index in [1.54, 1.807) is 25.1 Å². The van der Waals surface area contributed by atoms with E-state index >= 15 is 0 Å². The minimum Gasteiger partial charge on any atom is -0.496 e. The third-order valence-electron chi connectivity index (χ3n) is 2.93. The molecule has 0 radical (unpaired) electrons. The Kier molecular flexibility index (Phi) is 6.31. The fourth-order valence-corrected chi connectivity index (χ4v) is 1.84. The molecule has 0 spiro atoms. The molecule has 110 valence electrons. The van der Waals surface area contributed by atoms with Crippen molar-refractivity contribution in [2.24, 2.45) is 5.92 Å². The number of rotatable bonds is 7. The number of benzene rings is 1. The van der Waals surface area contributed by atoms with Gasteiger partial charge in [0.1, 0.15) is 5.75 Å². The topological polar surface area (TPSA) is 75.6 Å². The van der Waals surface area contributed by atoms with Crippen LogP contribution < -0.4 is 10.1 Å². The molecule has 5 nitrogen and oxygen atoms in total. The number of ether oxygens (including phenoxy) is 1. The second-order valence-electron chi connectivity index (χ2n) is 4.48. The normalized spacial score (nSPS) is 11.8. The fraction of sp³-hybridized carbons (Fsp3) is 0.429. The van der Waals surface area contributed by atoms with E-state index in [-0.39, 0.29) is 5.91 Å². The average Bonchev–Trinajstić information content (AvgIpc) is 2.42. The van der Waals surface area contributed by atoms with E-state index < -0.39 is 11.9 Å². The first-order valence-electron chi connectivity index (χ1n) is 6.30. The van der Waals surface area contributed by atoms with Crippen molar-refractivity contribution in [1.29, 1.82) is 0 Å². The zero-order chi connectivity index (χ0) is 15.1. The Morgan fingerprint density at radius 3 is 2.75 bits per heavy atom. The summed E-state index contributed by atoms with van der Waals surface area (Å²) in [5, 5.41) is 12.0. The van der Waals surface area contributed by atoms with Crippen molar-refractivity contribution in [3.63, 3.8) is 0 Å². The van der Waals surface area contributed by atoms with Crippen molar-refractivity contribution < 1.29 is 19.4 Å². The van der Waals surface area contributed by atoms with E-state index in [0.29, 0.717) is 35.7 Å². The third kappa shape index (κ3) is 4.74. The highest BCUT2D eigenvalue weighted by Gasteiger charge is 2.13. The lowest BCUT2D eigenvalue weighted by Crippen LogP contribution is -2.25. The smallest absolute Gasteiger partial charge is 0.306 e. The van der Waals surface area contributed by atoms with E-state index in [2.05, 4.69) is 5.32 Å². The SMILES string of the molecule is COc1cc(Cl)ccc1C(=O)NCCCC(C)C(=O)O. The van der Waals surface area contributed by atoms with Crippen molar-refractivity contribution in [3.8, 4) is 5.75 Å². The molecule has 0 aromatic heterocycles. The van der Waals surface area contributed by atoms with Gasteiger partial charge in [-0.3, -0.25) is 9.59 Å². The summed E-state index contributed by atoms with van der Waals surface area (Å²) in [5.41, 5.74) is 0.406. The van der Waals surface area contributed by atoms with Gasteiger partial charge in [-0.15, -0.1) is 0 Å². The molecule has 0 aliphatic rings. The van der Waals surface area contributed by atoms with E-state index in [1.165, 1.54) is 7.11 Å². The minimum atomic E-state index is -0.823. The monoisotopic (exact) mass is 299 g/mol. The number of carbonyl (C=O) groups is 2. The maximum absolute atomic E-state index is 12.0. The number of halogens is 1. The van der Waals surface area contributed by atoms with E-state index in [9.17, 15) is 9.59 Å². The molecule has 1 aromatic carbocycles. The Morgan fingerprint density at radius 1 is 1.45 bits per heavy atom. The summed E-state index contributed by atoms with van der Waals surface area (Å²) in [7, 11) is 1.47. The standard InChI is InChI=1S/C14H18ClNO4/c1-9(14(18)19)4-3-7-16-13(17)11-6-5-10(15)8-12(11)20-2/h5-6,8-9H,3-4,7H2,1-2H3,(H,16,17)(H,18,19). The lowest BCUT2D eigenvalue weighted by Gasteiger charge is -2.10. The summed E-state index contributed by atoms with van der Waals surface area (Å²) in [6.45, 7) is 2.06. The van der Waals surface area contributed by atoms with Gasteiger partial charge in [-0.1, -0.05) is 18.5 Å². The number of hydrogen-bond donors (Lipinski definition) is 2. The van der Waals surface area contributed by atoms with Crippen LogP contribution in [-0.2, 0) is 4.79 Å². The first kappa shape index (κ1) is 16.3. The lowest BCUT2D eigenvalue weighted by atomic mass is 10.1. The molecule has 20 heavy (non-hydrogen) atoms. The van der Waals surface area contributed by atoms with Gasteiger partial charge >= 0.3 is 5.97 Å². The number of carboxylic acid groups (broad SMARTS) is 1.